The highest BCUT2D eigenvalue weighted by atomic mass is 32.2. The molecule has 146 valence electrons. The van der Waals surface area contributed by atoms with Crippen LogP contribution >= 0.6 is 0 Å². The number of hydrogen-bond acceptors (Lipinski definition) is 6. The summed E-state index contributed by atoms with van der Waals surface area (Å²) in [6.45, 7) is 8.53. The lowest BCUT2D eigenvalue weighted by Crippen LogP contribution is -2.52. The fraction of sp³-hybridized carbons (Fsp3) is 0.611. The van der Waals surface area contributed by atoms with E-state index in [4.69, 9.17) is 8.92 Å². The zero-order valence-corrected chi connectivity index (χ0v) is 16.6. The molecule has 2 rings (SSSR count). The number of hydrogen-bond donors (Lipinski definition) is 2. The molecule has 1 atom stereocenters. The number of nitrogens with one attached hydrogen (secondary N) is 2. The van der Waals surface area contributed by atoms with Crippen LogP contribution in [-0.2, 0) is 19.0 Å². The van der Waals surface area contributed by atoms with Crippen molar-refractivity contribution < 1.29 is 22.1 Å². The summed E-state index contributed by atoms with van der Waals surface area (Å²) in [4.78, 5) is 12.2. The largest absolute Gasteiger partial charge is 0.444 e. The van der Waals surface area contributed by atoms with Gasteiger partial charge in [-0.05, 0) is 59.2 Å². The van der Waals surface area contributed by atoms with Crippen molar-refractivity contribution in [3.05, 3.63) is 29.8 Å². The van der Waals surface area contributed by atoms with Gasteiger partial charge in [0, 0.05) is 6.54 Å². The second kappa shape index (κ2) is 7.94. The number of carbonyl (C=O) groups is 1. The molecular formula is C18H28N2O5S. The van der Waals surface area contributed by atoms with Gasteiger partial charge in [0.15, 0.2) is 0 Å². The lowest BCUT2D eigenvalue weighted by Gasteiger charge is -2.31. The molecule has 0 aliphatic carbocycles. The summed E-state index contributed by atoms with van der Waals surface area (Å²) in [5, 5.41) is 6.08. The Morgan fingerprint density at radius 3 is 2.46 bits per heavy atom. The van der Waals surface area contributed by atoms with Gasteiger partial charge in [0.2, 0.25) is 0 Å². The van der Waals surface area contributed by atoms with Crippen LogP contribution < -0.4 is 10.6 Å². The van der Waals surface area contributed by atoms with Crippen molar-refractivity contribution in [3.63, 3.8) is 0 Å². The Morgan fingerprint density at radius 1 is 1.27 bits per heavy atom. The molecule has 1 fully saturated rings. The highest BCUT2D eigenvalue weighted by Crippen LogP contribution is 2.22. The number of rotatable bonds is 6. The third kappa shape index (κ3) is 5.96. The van der Waals surface area contributed by atoms with Gasteiger partial charge >= 0.3 is 6.09 Å². The highest BCUT2D eigenvalue weighted by Gasteiger charge is 2.37. The van der Waals surface area contributed by atoms with Crippen molar-refractivity contribution in [2.24, 2.45) is 0 Å². The predicted octanol–water partition coefficient (Wildman–Crippen LogP) is 2.35. The van der Waals surface area contributed by atoms with E-state index in [0.717, 1.165) is 12.1 Å². The number of alkyl carbamates (subject to hydrolysis) is 1. The van der Waals surface area contributed by atoms with Crippen LogP contribution in [0.3, 0.4) is 0 Å². The zero-order valence-electron chi connectivity index (χ0n) is 15.8. The first-order chi connectivity index (χ1) is 12.0. The van der Waals surface area contributed by atoms with Crippen LogP contribution in [0.1, 0.15) is 39.2 Å². The first-order valence-corrected chi connectivity index (χ1v) is 10.1. The Labute approximate surface area is 155 Å². The van der Waals surface area contributed by atoms with Gasteiger partial charge in [-0.15, -0.1) is 0 Å². The van der Waals surface area contributed by atoms with Crippen LogP contribution in [-0.4, -0.2) is 45.3 Å². The second-order valence-electron chi connectivity index (χ2n) is 7.67. The molecule has 0 spiro atoms. The Balaban J connectivity index is 1.96. The van der Waals surface area contributed by atoms with E-state index in [1.807, 2.05) is 6.92 Å². The van der Waals surface area contributed by atoms with Crippen molar-refractivity contribution in [1.82, 2.24) is 10.6 Å². The maximum Gasteiger partial charge on any atom is 0.408 e. The molecular weight excluding hydrogens is 356 g/mol. The highest BCUT2D eigenvalue weighted by molar-refractivity contribution is 7.86. The SMILES string of the molecule is Cc1ccc(S(=O)(=O)OCC[C@]2(NC(=O)OC(C)(C)C)CCNC2)cc1. The average Bonchev–Trinajstić information content (AvgIpc) is 2.93. The van der Waals surface area contributed by atoms with E-state index in [0.29, 0.717) is 19.4 Å². The predicted molar refractivity (Wildman–Crippen MR) is 98.5 cm³/mol. The lowest BCUT2D eigenvalue weighted by molar-refractivity contribution is 0.0451. The molecule has 26 heavy (non-hydrogen) atoms. The summed E-state index contributed by atoms with van der Waals surface area (Å²) in [6, 6.07) is 6.50. The van der Waals surface area contributed by atoms with Gasteiger partial charge in [0.05, 0.1) is 17.0 Å². The van der Waals surface area contributed by atoms with Crippen LogP contribution in [0.25, 0.3) is 0 Å². The number of ether oxygens (including phenoxy) is 1. The van der Waals surface area contributed by atoms with Gasteiger partial charge in [-0.1, -0.05) is 17.7 Å². The van der Waals surface area contributed by atoms with Crippen LogP contribution in [0.15, 0.2) is 29.2 Å². The zero-order chi connectivity index (χ0) is 19.4. The Kier molecular flexibility index (Phi) is 6.31. The summed E-state index contributed by atoms with van der Waals surface area (Å²) in [7, 11) is -3.82. The summed E-state index contributed by atoms with van der Waals surface area (Å²) < 4.78 is 35.1. The van der Waals surface area contributed by atoms with Gasteiger partial charge in [0.1, 0.15) is 5.60 Å². The smallest absolute Gasteiger partial charge is 0.408 e. The number of benzene rings is 1. The number of aryl methyl sites for hydroxylation is 1. The molecule has 1 aliphatic rings. The van der Waals surface area contributed by atoms with E-state index in [1.54, 1.807) is 32.9 Å². The molecule has 0 radical (unpaired) electrons. The summed E-state index contributed by atoms with van der Waals surface area (Å²) in [5.41, 5.74) is -0.199. The van der Waals surface area contributed by atoms with Gasteiger partial charge < -0.3 is 15.4 Å². The molecule has 1 aromatic carbocycles. The van der Waals surface area contributed by atoms with Crippen molar-refractivity contribution in [2.45, 2.75) is 56.6 Å². The Hall–Kier alpha value is -1.64. The van der Waals surface area contributed by atoms with Gasteiger partial charge in [0.25, 0.3) is 10.1 Å². The van der Waals surface area contributed by atoms with Crippen LogP contribution in [0, 0.1) is 6.92 Å². The lowest BCUT2D eigenvalue weighted by atomic mass is 9.95. The normalized spacial score (nSPS) is 20.8. The molecule has 1 saturated heterocycles. The fourth-order valence-electron chi connectivity index (χ4n) is 2.77. The minimum absolute atomic E-state index is 0.0202. The molecule has 0 saturated carbocycles. The van der Waals surface area contributed by atoms with Crippen molar-refractivity contribution in [3.8, 4) is 0 Å². The van der Waals surface area contributed by atoms with E-state index in [1.165, 1.54) is 12.1 Å². The average molecular weight is 384 g/mol. The van der Waals surface area contributed by atoms with E-state index in [2.05, 4.69) is 10.6 Å². The van der Waals surface area contributed by atoms with E-state index in [-0.39, 0.29) is 11.5 Å². The van der Waals surface area contributed by atoms with E-state index < -0.39 is 27.4 Å². The van der Waals surface area contributed by atoms with E-state index >= 15 is 0 Å². The number of carbonyl (C=O) groups excluding carboxylic acids is 1. The minimum atomic E-state index is -3.82. The third-order valence-electron chi connectivity index (χ3n) is 4.14. The maximum atomic E-state index is 12.3. The summed E-state index contributed by atoms with van der Waals surface area (Å²) in [5.74, 6) is 0. The summed E-state index contributed by atoms with van der Waals surface area (Å²) >= 11 is 0. The molecule has 1 aliphatic heterocycles. The number of amides is 1. The first-order valence-electron chi connectivity index (χ1n) is 8.69. The molecule has 2 N–H and O–H groups in total. The van der Waals surface area contributed by atoms with Gasteiger partial charge in [-0.25, -0.2) is 4.79 Å². The quantitative estimate of drug-likeness (QED) is 0.731. The molecule has 1 aromatic rings. The van der Waals surface area contributed by atoms with Gasteiger partial charge in [-0.2, -0.15) is 8.42 Å². The van der Waals surface area contributed by atoms with Crippen LogP contribution in [0.5, 0.6) is 0 Å². The molecule has 0 bridgehead atoms. The molecule has 7 nitrogen and oxygen atoms in total. The van der Waals surface area contributed by atoms with Crippen molar-refractivity contribution >= 4 is 16.2 Å². The topological polar surface area (TPSA) is 93.7 Å². The van der Waals surface area contributed by atoms with Gasteiger partial charge in [-0.3, -0.25) is 4.18 Å². The Bertz CT molecular complexity index is 717. The molecule has 1 heterocycles. The van der Waals surface area contributed by atoms with Crippen molar-refractivity contribution in [1.29, 1.82) is 0 Å². The van der Waals surface area contributed by atoms with Crippen molar-refractivity contribution in [2.75, 3.05) is 19.7 Å². The molecule has 8 heteroatoms. The summed E-state index contributed by atoms with van der Waals surface area (Å²) in [6.07, 6.45) is 0.535. The standard InChI is InChI=1S/C18H28N2O5S/c1-14-5-7-15(8-6-14)26(22,23)24-12-10-18(9-11-19-13-18)20-16(21)25-17(2,3)4/h5-8,19H,9-13H2,1-4H3,(H,20,21)/t18-/m1/s1. The Morgan fingerprint density at radius 2 is 1.92 bits per heavy atom. The monoisotopic (exact) mass is 384 g/mol. The van der Waals surface area contributed by atoms with E-state index in [9.17, 15) is 13.2 Å². The maximum absolute atomic E-state index is 12.3. The third-order valence-corrected chi connectivity index (χ3v) is 5.47. The molecule has 1 amide bonds. The second-order valence-corrected chi connectivity index (χ2v) is 9.29. The minimum Gasteiger partial charge on any atom is -0.444 e. The first kappa shape index (κ1) is 20.7. The fourth-order valence-corrected chi connectivity index (χ4v) is 3.67. The van der Waals surface area contributed by atoms with Crippen LogP contribution in [0.4, 0.5) is 4.79 Å². The molecule has 0 unspecified atom stereocenters. The van der Waals surface area contributed by atoms with Crippen LogP contribution in [0.2, 0.25) is 0 Å². The molecule has 0 aromatic heterocycles.